The van der Waals surface area contributed by atoms with E-state index in [0.29, 0.717) is 17.8 Å². The van der Waals surface area contributed by atoms with Gasteiger partial charge >= 0.3 is 0 Å². The highest BCUT2D eigenvalue weighted by atomic mass is 16.1. The molecule has 0 spiro atoms. The summed E-state index contributed by atoms with van der Waals surface area (Å²) in [5, 5.41) is 4.08. The van der Waals surface area contributed by atoms with Crippen molar-refractivity contribution in [1.29, 1.82) is 0 Å². The standard InChI is InChI=1S/C27H33N7O/c1-31-12-6-15-33(18-17-31)24-10-9-20-19-21(27(35)28-11-16-32-13-4-5-14-32)26-29-22-7-2-3-8-23(22)34(26)25(20)30-24/h2-3,7-10,19H,4-6,11-18H2,1H3,(H,28,35). The third kappa shape index (κ3) is 4.32. The number of rotatable bonds is 5. The molecule has 35 heavy (non-hydrogen) atoms. The number of para-hydroxylation sites is 2. The number of hydrogen-bond donors (Lipinski definition) is 1. The van der Waals surface area contributed by atoms with Crippen LogP contribution in [0.1, 0.15) is 29.6 Å². The Bertz CT molecular complexity index is 1370. The van der Waals surface area contributed by atoms with Crippen molar-refractivity contribution in [2.45, 2.75) is 19.3 Å². The van der Waals surface area contributed by atoms with Crippen LogP contribution in [0.5, 0.6) is 0 Å². The fourth-order valence-corrected chi connectivity index (χ4v) is 5.43. The van der Waals surface area contributed by atoms with Gasteiger partial charge < -0.3 is 20.0 Å². The quantitative estimate of drug-likeness (QED) is 0.483. The predicted octanol–water partition coefficient (Wildman–Crippen LogP) is 3.00. The Balaban J connectivity index is 1.40. The van der Waals surface area contributed by atoms with Gasteiger partial charge in [-0.25, -0.2) is 9.97 Å². The normalized spacial score (nSPS) is 18.0. The van der Waals surface area contributed by atoms with Crippen LogP contribution in [0, 0.1) is 0 Å². The molecule has 2 saturated heterocycles. The molecule has 5 heterocycles. The molecule has 1 amide bonds. The number of aromatic nitrogens is 3. The minimum absolute atomic E-state index is 0.0777. The highest BCUT2D eigenvalue weighted by Gasteiger charge is 2.20. The van der Waals surface area contributed by atoms with E-state index in [9.17, 15) is 4.79 Å². The predicted molar refractivity (Wildman–Crippen MR) is 140 cm³/mol. The zero-order valence-electron chi connectivity index (χ0n) is 20.4. The second-order valence-corrected chi connectivity index (χ2v) is 9.85. The average Bonchev–Trinajstić information content (AvgIpc) is 3.47. The number of amides is 1. The summed E-state index contributed by atoms with van der Waals surface area (Å²) in [7, 11) is 2.18. The number of fused-ring (bicyclic) bond motifs is 5. The summed E-state index contributed by atoms with van der Waals surface area (Å²) in [5.74, 6) is 0.903. The number of benzene rings is 1. The van der Waals surface area contributed by atoms with Crippen molar-refractivity contribution in [3.63, 3.8) is 0 Å². The Morgan fingerprint density at radius 1 is 0.914 bits per heavy atom. The molecular weight excluding hydrogens is 438 g/mol. The van der Waals surface area contributed by atoms with Crippen LogP contribution in [0.2, 0.25) is 0 Å². The van der Waals surface area contributed by atoms with E-state index in [4.69, 9.17) is 9.97 Å². The van der Waals surface area contributed by atoms with Crippen LogP contribution < -0.4 is 10.2 Å². The van der Waals surface area contributed by atoms with Crippen molar-refractivity contribution in [3.8, 4) is 0 Å². The molecule has 1 N–H and O–H groups in total. The summed E-state index contributed by atoms with van der Waals surface area (Å²) >= 11 is 0. The van der Waals surface area contributed by atoms with Crippen LogP contribution in [0.25, 0.3) is 27.7 Å². The Morgan fingerprint density at radius 3 is 2.66 bits per heavy atom. The second-order valence-electron chi connectivity index (χ2n) is 9.85. The van der Waals surface area contributed by atoms with E-state index in [0.717, 1.165) is 80.1 Å². The summed E-state index contributed by atoms with van der Waals surface area (Å²) in [6, 6.07) is 14.2. The molecule has 8 nitrogen and oxygen atoms in total. The summed E-state index contributed by atoms with van der Waals surface area (Å²) in [5.41, 5.74) is 3.95. The summed E-state index contributed by atoms with van der Waals surface area (Å²) < 4.78 is 2.06. The monoisotopic (exact) mass is 471 g/mol. The molecular formula is C27H33N7O. The number of anilines is 1. The first-order valence-corrected chi connectivity index (χ1v) is 12.8. The number of nitrogens with one attached hydrogen (secondary N) is 1. The lowest BCUT2D eigenvalue weighted by Gasteiger charge is -2.22. The molecule has 8 heteroatoms. The maximum Gasteiger partial charge on any atom is 0.255 e. The average molecular weight is 472 g/mol. The number of carbonyl (C=O) groups excluding carboxylic acids is 1. The van der Waals surface area contributed by atoms with Crippen LogP contribution in [0.3, 0.4) is 0 Å². The molecule has 0 bridgehead atoms. The molecule has 1 aromatic carbocycles. The molecule has 0 unspecified atom stereocenters. The van der Waals surface area contributed by atoms with Crippen LogP contribution >= 0.6 is 0 Å². The van der Waals surface area contributed by atoms with Crippen LogP contribution in [-0.2, 0) is 0 Å². The molecule has 182 valence electrons. The first kappa shape index (κ1) is 22.2. The molecule has 6 rings (SSSR count). The maximum atomic E-state index is 13.3. The molecule has 3 aromatic heterocycles. The van der Waals surface area contributed by atoms with E-state index in [1.54, 1.807) is 0 Å². The fraction of sp³-hybridized carbons (Fsp3) is 0.444. The lowest BCUT2D eigenvalue weighted by atomic mass is 10.1. The maximum absolute atomic E-state index is 13.3. The molecule has 4 aromatic rings. The van der Waals surface area contributed by atoms with E-state index < -0.39 is 0 Å². The van der Waals surface area contributed by atoms with Crippen molar-refractivity contribution >= 4 is 39.4 Å². The van der Waals surface area contributed by atoms with Gasteiger partial charge in [-0.05, 0) is 76.3 Å². The van der Waals surface area contributed by atoms with Crippen molar-refractivity contribution in [1.82, 2.24) is 29.5 Å². The molecule has 2 fully saturated rings. The van der Waals surface area contributed by atoms with Gasteiger partial charge in [0.25, 0.3) is 5.91 Å². The number of hydrogen-bond acceptors (Lipinski definition) is 6. The number of likely N-dealkylation sites (tertiary alicyclic amines) is 1. The van der Waals surface area contributed by atoms with Gasteiger partial charge in [0.2, 0.25) is 0 Å². The summed E-state index contributed by atoms with van der Waals surface area (Å²) in [6.07, 6.45) is 3.63. The number of carbonyl (C=O) groups is 1. The number of nitrogens with zero attached hydrogens (tertiary/aromatic N) is 6. The van der Waals surface area contributed by atoms with Crippen LogP contribution in [0.4, 0.5) is 5.82 Å². The topological polar surface area (TPSA) is 69.0 Å². The Kier molecular flexibility index (Phi) is 6.00. The highest BCUT2D eigenvalue weighted by molar-refractivity contribution is 6.05. The zero-order chi connectivity index (χ0) is 23.8. The molecule has 0 atom stereocenters. The van der Waals surface area contributed by atoms with E-state index >= 15 is 0 Å². The van der Waals surface area contributed by atoms with E-state index in [-0.39, 0.29) is 5.91 Å². The number of pyridine rings is 2. The summed E-state index contributed by atoms with van der Waals surface area (Å²) in [6.45, 7) is 7.88. The van der Waals surface area contributed by atoms with E-state index in [1.165, 1.54) is 12.8 Å². The third-order valence-corrected chi connectivity index (χ3v) is 7.40. The van der Waals surface area contributed by atoms with E-state index in [2.05, 4.69) is 49.7 Å². The van der Waals surface area contributed by atoms with Crippen molar-refractivity contribution in [2.24, 2.45) is 0 Å². The van der Waals surface area contributed by atoms with E-state index in [1.807, 2.05) is 24.3 Å². The van der Waals surface area contributed by atoms with Gasteiger partial charge in [-0.2, -0.15) is 0 Å². The van der Waals surface area contributed by atoms with Gasteiger partial charge in [0.05, 0.1) is 16.6 Å². The summed E-state index contributed by atoms with van der Waals surface area (Å²) in [4.78, 5) is 30.5. The number of imidazole rings is 1. The SMILES string of the molecule is CN1CCCN(c2ccc3cc(C(=O)NCCN4CCCC4)c4nc5ccccc5n4c3n2)CC1. The van der Waals surface area contributed by atoms with Crippen molar-refractivity contribution in [3.05, 3.63) is 48.0 Å². The largest absolute Gasteiger partial charge is 0.355 e. The van der Waals surface area contributed by atoms with Gasteiger partial charge in [-0.15, -0.1) is 0 Å². The van der Waals surface area contributed by atoms with Crippen LogP contribution in [-0.4, -0.2) is 89.5 Å². The zero-order valence-corrected chi connectivity index (χ0v) is 20.4. The van der Waals surface area contributed by atoms with Gasteiger partial charge in [0.1, 0.15) is 11.5 Å². The van der Waals surface area contributed by atoms with Crippen molar-refractivity contribution in [2.75, 3.05) is 64.3 Å². The van der Waals surface area contributed by atoms with Gasteiger partial charge in [0, 0.05) is 38.1 Å². The first-order valence-electron chi connectivity index (χ1n) is 12.8. The Morgan fingerprint density at radius 2 is 1.77 bits per heavy atom. The van der Waals surface area contributed by atoms with Crippen LogP contribution in [0.15, 0.2) is 42.5 Å². The minimum Gasteiger partial charge on any atom is -0.355 e. The number of likely N-dealkylation sites (N-methyl/N-ethyl adjacent to an activating group) is 1. The van der Waals surface area contributed by atoms with Gasteiger partial charge in [-0.3, -0.25) is 9.20 Å². The van der Waals surface area contributed by atoms with Gasteiger partial charge in [-0.1, -0.05) is 12.1 Å². The highest BCUT2D eigenvalue weighted by Crippen LogP contribution is 2.27. The smallest absolute Gasteiger partial charge is 0.255 e. The lowest BCUT2D eigenvalue weighted by molar-refractivity contribution is 0.0951. The Labute approximate surface area is 205 Å². The molecule has 0 aliphatic carbocycles. The Hall–Kier alpha value is -3.23. The minimum atomic E-state index is -0.0777. The third-order valence-electron chi connectivity index (χ3n) is 7.40. The van der Waals surface area contributed by atoms with Crippen molar-refractivity contribution < 1.29 is 4.79 Å². The van der Waals surface area contributed by atoms with Gasteiger partial charge in [0.15, 0.2) is 5.65 Å². The fourth-order valence-electron chi connectivity index (χ4n) is 5.43. The lowest BCUT2D eigenvalue weighted by Crippen LogP contribution is -2.33. The second kappa shape index (κ2) is 9.43. The molecule has 0 radical (unpaired) electrons. The first-order chi connectivity index (χ1) is 17.2. The molecule has 2 aliphatic rings. The molecule has 2 aliphatic heterocycles. The molecule has 0 saturated carbocycles.